The highest BCUT2D eigenvalue weighted by Crippen LogP contribution is 2.42. The predicted octanol–water partition coefficient (Wildman–Crippen LogP) is 12.1. The Bertz CT molecular complexity index is 3790. The molecule has 4 heteroatoms. The van der Waals surface area contributed by atoms with Gasteiger partial charge in [0.25, 0.3) is 0 Å². The van der Waals surface area contributed by atoms with Crippen LogP contribution in [0.25, 0.3) is 76.7 Å². The van der Waals surface area contributed by atoms with E-state index >= 15 is 0 Å². The van der Waals surface area contributed by atoms with E-state index in [0.29, 0.717) is 16.6 Å². The van der Waals surface area contributed by atoms with Gasteiger partial charge in [-0.2, -0.15) is 0 Å². The third kappa shape index (κ3) is 4.44. The molecule has 1 aliphatic rings. The van der Waals surface area contributed by atoms with Gasteiger partial charge in [0.15, 0.2) is 5.58 Å². The maximum absolute atomic E-state index is 9.71. The molecule has 0 spiro atoms. The number of para-hydroxylation sites is 1. The topological polar surface area (TPSA) is 42.5 Å². The highest BCUT2D eigenvalue weighted by molar-refractivity contribution is 6.24. The van der Waals surface area contributed by atoms with E-state index in [1.54, 1.807) is 12.1 Å². The van der Waals surface area contributed by atoms with Gasteiger partial charge in [0.2, 0.25) is 0 Å². The zero-order chi connectivity index (χ0) is 44.6. The van der Waals surface area contributed by atoms with Gasteiger partial charge in [-0.1, -0.05) is 139 Å². The molecule has 0 radical (unpaired) electrons. The lowest BCUT2D eigenvalue weighted by atomic mass is 10.0. The summed E-state index contributed by atoms with van der Waals surface area (Å²) in [6, 6.07) is 24.5. The monoisotopic (exact) mass is 677 g/mol. The molecule has 0 aliphatic carbocycles. The number of fused-ring (bicyclic) bond motifs is 9. The molecule has 0 amide bonds. The van der Waals surface area contributed by atoms with Crippen molar-refractivity contribution in [2.75, 3.05) is 0 Å². The molecule has 244 valence electrons. The minimum absolute atomic E-state index is 0.0288. The SMILES string of the molecule is [2H]c1c([2H])c([2H])c2c([2H])c3c(c([2H])c2c1[2H])c1c2c([2H])c([2H])c([2H])c([2H])c2c([2H])c([2H])c1n3-c1cccc2c1oc1cc(C3N=C(c4ccccc4)C=C(c4ccccc4)N3)ccc12. The van der Waals surface area contributed by atoms with E-state index in [9.17, 15) is 5.48 Å². The highest BCUT2D eigenvalue weighted by atomic mass is 16.3. The molecule has 0 fully saturated rings. The first kappa shape index (κ1) is 19.5. The third-order valence-electron chi connectivity index (χ3n) is 9.65. The summed E-state index contributed by atoms with van der Waals surface area (Å²) >= 11 is 0. The minimum atomic E-state index is -0.612. The van der Waals surface area contributed by atoms with Crippen LogP contribution in [0, 0.1) is 0 Å². The van der Waals surface area contributed by atoms with Gasteiger partial charge in [-0.05, 0) is 69.0 Å². The highest BCUT2D eigenvalue weighted by Gasteiger charge is 2.23. The molecule has 0 saturated carbocycles. The number of aliphatic imine (C=N–C) groups is 1. The zero-order valence-corrected chi connectivity index (χ0v) is 27.2. The van der Waals surface area contributed by atoms with Crippen molar-refractivity contribution in [3.8, 4) is 5.69 Å². The van der Waals surface area contributed by atoms with E-state index < -0.39 is 78.7 Å². The van der Waals surface area contributed by atoms with Gasteiger partial charge in [-0.3, -0.25) is 4.99 Å². The second-order valence-corrected chi connectivity index (χ2v) is 12.6. The molecule has 1 unspecified atom stereocenters. The summed E-state index contributed by atoms with van der Waals surface area (Å²) in [5.41, 5.74) is 5.32. The van der Waals surface area contributed by atoms with Gasteiger partial charge >= 0.3 is 0 Å². The Morgan fingerprint density at radius 2 is 1.37 bits per heavy atom. The molecule has 2 aromatic heterocycles. The van der Waals surface area contributed by atoms with Gasteiger partial charge in [-0.15, -0.1) is 0 Å². The number of allylic oxidation sites excluding steroid dienone is 1. The quantitative estimate of drug-likeness (QED) is 0.201. The van der Waals surface area contributed by atoms with Crippen LogP contribution in [-0.4, -0.2) is 10.3 Å². The Morgan fingerprint density at radius 3 is 2.19 bits per heavy atom. The summed E-state index contributed by atoms with van der Waals surface area (Å²) in [7, 11) is 0. The number of hydrogen-bond donors (Lipinski definition) is 1. The molecular formula is C48H31N3O. The first-order chi connectivity index (χ1) is 30.8. The molecule has 10 aromatic rings. The van der Waals surface area contributed by atoms with E-state index in [0.717, 1.165) is 33.5 Å². The van der Waals surface area contributed by atoms with Gasteiger partial charge in [0, 0.05) is 32.8 Å². The van der Waals surface area contributed by atoms with Crippen molar-refractivity contribution >= 4 is 76.7 Å². The Hall–Kier alpha value is -6.91. The molecule has 1 aliphatic heterocycles. The van der Waals surface area contributed by atoms with E-state index in [1.807, 2.05) is 91.0 Å². The second-order valence-electron chi connectivity index (χ2n) is 12.6. The van der Waals surface area contributed by atoms with Crippen LogP contribution in [0.4, 0.5) is 0 Å². The lowest BCUT2D eigenvalue weighted by Crippen LogP contribution is -2.24. The number of aromatic nitrogens is 1. The Balaban J connectivity index is 1.22. The van der Waals surface area contributed by atoms with Crippen LogP contribution in [0.3, 0.4) is 0 Å². The molecule has 4 nitrogen and oxygen atoms in total. The van der Waals surface area contributed by atoms with Crippen LogP contribution in [0.2, 0.25) is 0 Å². The molecule has 3 heterocycles. The summed E-state index contributed by atoms with van der Waals surface area (Å²) < 4.78 is 116. The first-order valence-electron chi connectivity index (χ1n) is 22.8. The number of hydrogen-bond acceptors (Lipinski definition) is 3. The van der Waals surface area contributed by atoms with Crippen LogP contribution >= 0.6 is 0 Å². The van der Waals surface area contributed by atoms with Crippen LogP contribution in [0.5, 0.6) is 0 Å². The summed E-state index contributed by atoms with van der Waals surface area (Å²) in [6.07, 6.45) is 1.50. The average molecular weight is 678 g/mol. The number of rotatable bonds is 4. The standard InChI is InChI=1S/C48H31N3O/c1-3-13-31(14-4-1)40-29-41(32-15-5-2-6-16-32)50-48(49-40)35-22-24-37-38-20-11-21-43(47(38)52-45(37)28-35)51-42-25-23-30-12-9-10-19-36(30)46(42)39-26-33-17-7-8-18-34(33)27-44(39)51/h1-29,48-49H/i7D,8D,9D,10D,12D,17D,18D,19D,23D,25D,26D,27D. The average Bonchev–Trinajstić information content (AvgIpc) is 3.88. The summed E-state index contributed by atoms with van der Waals surface area (Å²) in [5, 5.41) is 3.95. The fraction of sp³-hybridized carbons (Fsp3) is 0.0208. The van der Waals surface area contributed by atoms with Gasteiger partial charge < -0.3 is 14.3 Å². The van der Waals surface area contributed by atoms with E-state index in [2.05, 4.69) is 5.32 Å². The number of furan rings is 1. The minimum Gasteiger partial charge on any atom is -0.454 e. The molecule has 0 bridgehead atoms. The molecule has 1 atom stereocenters. The fourth-order valence-corrected chi connectivity index (χ4v) is 7.26. The van der Waals surface area contributed by atoms with Crippen LogP contribution in [0.1, 0.15) is 39.3 Å². The van der Waals surface area contributed by atoms with Gasteiger partial charge in [-0.25, -0.2) is 0 Å². The van der Waals surface area contributed by atoms with E-state index in [1.165, 1.54) is 4.57 Å². The van der Waals surface area contributed by atoms with E-state index in [-0.39, 0.29) is 49.0 Å². The van der Waals surface area contributed by atoms with Gasteiger partial charge in [0.1, 0.15) is 11.7 Å². The van der Waals surface area contributed by atoms with Crippen molar-refractivity contribution in [1.29, 1.82) is 0 Å². The van der Waals surface area contributed by atoms with E-state index in [4.69, 9.17) is 20.4 Å². The molecule has 0 saturated heterocycles. The summed E-state index contributed by atoms with van der Waals surface area (Å²) in [4.78, 5) is 5.12. The van der Waals surface area contributed by atoms with Crippen LogP contribution < -0.4 is 5.32 Å². The predicted molar refractivity (Wildman–Crippen MR) is 216 cm³/mol. The van der Waals surface area contributed by atoms with Crippen molar-refractivity contribution in [1.82, 2.24) is 9.88 Å². The van der Waals surface area contributed by atoms with Crippen molar-refractivity contribution in [2.24, 2.45) is 4.99 Å². The number of nitrogens with one attached hydrogen (secondary N) is 1. The molecule has 11 rings (SSSR count). The maximum atomic E-state index is 9.71. The smallest absolute Gasteiger partial charge is 0.159 e. The fourth-order valence-electron chi connectivity index (χ4n) is 7.26. The molecule has 52 heavy (non-hydrogen) atoms. The van der Waals surface area contributed by atoms with Gasteiger partial charge in [0.05, 0.1) is 38.9 Å². The number of benzene rings is 8. The maximum Gasteiger partial charge on any atom is 0.159 e. The summed E-state index contributed by atoms with van der Waals surface area (Å²) in [5.74, 6) is 0. The van der Waals surface area contributed by atoms with Crippen LogP contribution in [-0.2, 0) is 0 Å². The first-order valence-corrected chi connectivity index (χ1v) is 16.8. The Labute approximate surface area is 316 Å². The van der Waals surface area contributed by atoms with Crippen molar-refractivity contribution in [3.63, 3.8) is 0 Å². The van der Waals surface area contributed by atoms with Crippen molar-refractivity contribution < 1.29 is 20.9 Å². The summed E-state index contributed by atoms with van der Waals surface area (Å²) in [6.45, 7) is 0. The Morgan fingerprint density at radius 1 is 0.615 bits per heavy atom. The molecule has 8 aromatic carbocycles. The zero-order valence-electron chi connectivity index (χ0n) is 39.2. The third-order valence-corrected chi connectivity index (χ3v) is 9.65. The lowest BCUT2D eigenvalue weighted by Gasteiger charge is -2.25. The second kappa shape index (κ2) is 11.3. The molecule has 1 N–H and O–H groups in total. The largest absolute Gasteiger partial charge is 0.454 e. The Kier molecular flexibility index (Phi) is 4.23. The van der Waals surface area contributed by atoms with Crippen molar-refractivity contribution in [3.05, 3.63) is 192 Å². The van der Waals surface area contributed by atoms with Crippen LogP contribution in [0.15, 0.2) is 185 Å². The number of nitrogens with zero attached hydrogens (tertiary/aromatic N) is 2. The normalized spacial score (nSPS) is 18.0. The van der Waals surface area contributed by atoms with Crippen molar-refractivity contribution in [2.45, 2.75) is 6.17 Å². The molecular weight excluding hydrogens is 635 g/mol. The lowest BCUT2D eigenvalue weighted by molar-refractivity contribution is 0.649.